The second-order valence-electron chi connectivity index (χ2n) is 6.98. The average Bonchev–Trinajstić information content (AvgIpc) is 2.91. The Morgan fingerprint density at radius 2 is 2.05 bits per heavy atom. The molecule has 2 aliphatic carbocycles. The van der Waals surface area contributed by atoms with E-state index in [1.807, 2.05) is 7.05 Å². The van der Waals surface area contributed by atoms with Crippen LogP contribution < -0.4 is 5.32 Å². The first-order chi connectivity index (χ1) is 9.24. The Bertz CT molecular complexity index is 323. The van der Waals surface area contributed by atoms with Crippen LogP contribution in [0.2, 0.25) is 0 Å². The molecule has 0 aromatic heterocycles. The van der Waals surface area contributed by atoms with Crippen LogP contribution in [0.3, 0.4) is 0 Å². The molecule has 0 aromatic rings. The maximum Gasteiger partial charge on any atom is 0.222 e. The van der Waals surface area contributed by atoms with E-state index in [-0.39, 0.29) is 0 Å². The predicted octanol–water partition coefficient (Wildman–Crippen LogP) is 2.41. The smallest absolute Gasteiger partial charge is 0.222 e. The van der Waals surface area contributed by atoms with E-state index < -0.39 is 0 Å². The molecule has 108 valence electrons. The molecule has 0 aromatic carbocycles. The van der Waals surface area contributed by atoms with E-state index in [0.29, 0.717) is 17.9 Å². The topological polar surface area (TPSA) is 32.3 Å². The first kappa shape index (κ1) is 13.4. The minimum absolute atomic E-state index is 0.407. The molecule has 0 radical (unpaired) electrons. The normalized spacial score (nSPS) is 38.2. The average molecular weight is 264 g/mol. The van der Waals surface area contributed by atoms with Gasteiger partial charge < -0.3 is 10.2 Å². The Morgan fingerprint density at radius 1 is 1.16 bits per heavy atom. The fourth-order valence-corrected chi connectivity index (χ4v) is 4.59. The fourth-order valence-electron chi connectivity index (χ4n) is 4.59. The highest BCUT2D eigenvalue weighted by molar-refractivity contribution is 5.76. The van der Waals surface area contributed by atoms with Crippen molar-refractivity contribution in [3.8, 4) is 0 Å². The number of carbonyl (C=O) groups is 1. The minimum Gasteiger partial charge on any atom is -0.343 e. The molecule has 2 saturated carbocycles. The number of hydrogen-bond donors (Lipinski definition) is 1. The summed E-state index contributed by atoms with van der Waals surface area (Å²) in [5.74, 6) is 2.94. The molecule has 3 aliphatic rings. The molecule has 3 heteroatoms. The lowest BCUT2D eigenvalue weighted by molar-refractivity contribution is -0.133. The number of carbonyl (C=O) groups excluding carboxylic acids is 1. The molecule has 1 N–H and O–H groups in total. The van der Waals surface area contributed by atoms with Crippen LogP contribution in [0.1, 0.15) is 51.4 Å². The van der Waals surface area contributed by atoms with Crippen molar-refractivity contribution >= 4 is 5.91 Å². The largest absolute Gasteiger partial charge is 0.343 e. The number of amides is 1. The summed E-state index contributed by atoms with van der Waals surface area (Å²) >= 11 is 0. The Kier molecular flexibility index (Phi) is 4.11. The molecule has 3 rings (SSSR count). The molecule has 3 nitrogen and oxygen atoms in total. The molecular formula is C16H28N2O. The van der Waals surface area contributed by atoms with Crippen LogP contribution in [0, 0.1) is 17.8 Å². The quantitative estimate of drug-likeness (QED) is 0.849. The Labute approximate surface area is 117 Å². The number of nitrogens with zero attached hydrogens (tertiary/aromatic N) is 1. The summed E-state index contributed by atoms with van der Waals surface area (Å²) in [4.78, 5) is 14.6. The third kappa shape index (κ3) is 2.96. The lowest BCUT2D eigenvalue weighted by atomic mass is 9.86. The molecule has 2 bridgehead atoms. The van der Waals surface area contributed by atoms with E-state index in [1.54, 1.807) is 0 Å². The van der Waals surface area contributed by atoms with Crippen LogP contribution in [-0.2, 0) is 4.79 Å². The van der Waals surface area contributed by atoms with Gasteiger partial charge in [-0.05, 0) is 69.4 Å². The summed E-state index contributed by atoms with van der Waals surface area (Å²) in [5, 5.41) is 3.43. The molecule has 1 saturated heterocycles. The SMILES string of the molecule is CN(C(=O)CC1CC2CCC1C2)C1CCCNCC1. The lowest BCUT2D eigenvalue weighted by Crippen LogP contribution is -2.38. The van der Waals surface area contributed by atoms with Gasteiger partial charge in [-0.25, -0.2) is 0 Å². The number of rotatable bonds is 3. The van der Waals surface area contributed by atoms with Gasteiger partial charge >= 0.3 is 0 Å². The highest BCUT2D eigenvalue weighted by Crippen LogP contribution is 2.49. The van der Waals surface area contributed by atoms with Gasteiger partial charge in [0.15, 0.2) is 0 Å². The van der Waals surface area contributed by atoms with E-state index in [2.05, 4.69) is 10.2 Å². The zero-order valence-electron chi connectivity index (χ0n) is 12.2. The molecule has 3 fully saturated rings. The molecule has 1 aliphatic heterocycles. The maximum atomic E-state index is 12.5. The molecule has 19 heavy (non-hydrogen) atoms. The summed E-state index contributed by atoms with van der Waals surface area (Å²) in [6.07, 6.45) is 9.88. The zero-order valence-corrected chi connectivity index (χ0v) is 12.2. The molecule has 1 amide bonds. The molecule has 4 atom stereocenters. The zero-order chi connectivity index (χ0) is 13.2. The van der Waals surface area contributed by atoms with Gasteiger partial charge in [0.1, 0.15) is 0 Å². The van der Waals surface area contributed by atoms with Gasteiger partial charge in [0, 0.05) is 19.5 Å². The van der Waals surface area contributed by atoms with Crippen molar-refractivity contribution in [1.29, 1.82) is 0 Å². The van der Waals surface area contributed by atoms with Crippen LogP contribution >= 0.6 is 0 Å². The summed E-state index contributed by atoms with van der Waals surface area (Å²) in [7, 11) is 2.03. The summed E-state index contributed by atoms with van der Waals surface area (Å²) in [6.45, 7) is 2.18. The van der Waals surface area contributed by atoms with Gasteiger partial charge in [0.25, 0.3) is 0 Å². The predicted molar refractivity (Wildman–Crippen MR) is 76.8 cm³/mol. The van der Waals surface area contributed by atoms with Gasteiger partial charge in [-0.1, -0.05) is 6.42 Å². The number of nitrogens with one attached hydrogen (secondary N) is 1. The number of fused-ring (bicyclic) bond motifs is 2. The fraction of sp³-hybridized carbons (Fsp3) is 0.938. The van der Waals surface area contributed by atoms with Gasteiger partial charge in [0.2, 0.25) is 5.91 Å². The Balaban J connectivity index is 1.51. The van der Waals surface area contributed by atoms with Crippen molar-refractivity contribution in [3.63, 3.8) is 0 Å². The standard InChI is InChI=1S/C16H28N2O/c1-18(15-3-2-7-17-8-6-15)16(19)11-14-10-12-4-5-13(14)9-12/h12-15,17H,2-11H2,1H3. The lowest BCUT2D eigenvalue weighted by Gasteiger charge is -2.30. The Hall–Kier alpha value is -0.570. The third-order valence-corrected chi connectivity index (χ3v) is 5.81. The van der Waals surface area contributed by atoms with Crippen LogP contribution in [0.25, 0.3) is 0 Å². The van der Waals surface area contributed by atoms with Crippen LogP contribution in [0.15, 0.2) is 0 Å². The second kappa shape index (κ2) is 5.82. The van der Waals surface area contributed by atoms with E-state index >= 15 is 0 Å². The van der Waals surface area contributed by atoms with Crippen molar-refractivity contribution < 1.29 is 4.79 Å². The van der Waals surface area contributed by atoms with E-state index in [9.17, 15) is 4.79 Å². The van der Waals surface area contributed by atoms with Gasteiger partial charge in [-0.15, -0.1) is 0 Å². The van der Waals surface area contributed by atoms with Crippen LogP contribution in [-0.4, -0.2) is 37.0 Å². The van der Waals surface area contributed by atoms with Gasteiger partial charge in [-0.2, -0.15) is 0 Å². The highest BCUT2D eigenvalue weighted by Gasteiger charge is 2.40. The van der Waals surface area contributed by atoms with Crippen LogP contribution in [0.5, 0.6) is 0 Å². The summed E-state index contributed by atoms with van der Waals surface area (Å²) in [5.41, 5.74) is 0. The van der Waals surface area contributed by atoms with E-state index in [0.717, 1.165) is 37.8 Å². The van der Waals surface area contributed by atoms with Crippen LogP contribution in [0.4, 0.5) is 0 Å². The second-order valence-corrected chi connectivity index (χ2v) is 6.98. The molecule has 0 spiro atoms. The van der Waals surface area contributed by atoms with Crippen molar-refractivity contribution in [2.45, 2.75) is 57.4 Å². The van der Waals surface area contributed by atoms with Crippen molar-refractivity contribution in [2.24, 2.45) is 17.8 Å². The number of hydrogen-bond acceptors (Lipinski definition) is 2. The van der Waals surface area contributed by atoms with Gasteiger partial charge in [-0.3, -0.25) is 4.79 Å². The molecular weight excluding hydrogens is 236 g/mol. The van der Waals surface area contributed by atoms with E-state index in [1.165, 1.54) is 38.5 Å². The minimum atomic E-state index is 0.407. The summed E-state index contributed by atoms with van der Waals surface area (Å²) < 4.78 is 0. The van der Waals surface area contributed by atoms with Crippen molar-refractivity contribution in [1.82, 2.24) is 10.2 Å². The monoisotopic (exact) mass is 264 g/mol. The Morgan fingerprint density at radius 3 is 2.79 bits per heavy atom. The first-order valence-corrected chi connectivity index (χ1v) is 8.20. The van der Waals surface area contributed by atoms with Gasteiger partial charge in [0.05, 0.1) is 0 Å². The molecule has 4 unspecified atom stereocenters. The van der Waals surface area contributed by atoms with E-state index in [4.69, 9.17) is 0 Å². The molecule has 1 heterocycles. The summed E-state index contributed by atoms with van der Waals surface area (Å²) in [6, 6.07) is 0.473. The van der Waals surface area contributed by atoms with Crippen molar-refractivity contribution in [2.75, 3.05) is 20.1 Å². The third-order valence-electron chi connectivity index (χ3n) is 5.81. The highest BCUT2D eigenvalue weighted by atomic mass is 16.2. The first-order valence-electron chi connectivity index (χ1n) is 8.20. The maximum absolute atomic E-state index is 12.5. The van der Waals surface area contributed by atoms with Crippen molar-refractivity contribution in [3.05, 3.63) is 0 Å².